The Kier molecular flexibility index (Phi) is 3.34. The molecule has 22 heavy (non-hydrogen) atoms. The summed E-state index contributed by atoms with van der Waals surface area (Å²) >= 11 is 0. The molecule has 6 nitrogen and oxygen atoms in total. The second kappa shape index (κ2) is 5.08. The molecule has 0 bridgehead atoms. The first-order valence-corrected chi connectivity index (χ1v) is 6.56. The highest BCUT2D eigenvalue weighted by atomic mass is 19.4. The number of amides is 2. The van der Waals surface area contributed by atoms with Crippen molar-refractivity contribution < 1.29 is 27.2 Å². The number of H-pyrrole nitrogens is 1. The van der Waals surface area contributed by atoms with Gasteiger partial charge in [-0.15, -0.1) is 0 Å². The second-order valence-corrected chi connectivity index (χ2v) is 5.07. The number of alkyl halides is 3. The Morgan fingerprint density at radius 1 is 1.50 bits per heavy atom. The van der Waals surface area contributed by atoms with E-state index in [0.717, 1.165) is 0 Å². The van der Waals surface area contributed by atoms with Gasteiger partial charge in [-0.25, -0.2) is 0 Å². The minimum absolute atomic E-state index is 0.0314. The van der Waals surface area contributed by atoms with Crippen LogP contribution in [-0.4, -0.2) is 47.0 Å². The van der Waals surface area contributed by atoms with Crippen LogP contribution < -0.4 is 5.32 Å². The van der Waals surface area contributed by atoms with E-state index >= 15 is 0 Å². The number of nitrogens with zero attached hydrogens (tertiary/aromatic N) is 1. The van der Waals surface area contributed by atoms with E-state index in [1.54, 1.807) is 6.07 Å². The predicted octanol–water partition coefficient (Wildman–Crippen LogP) is 1.65. The zero-order valence-corrected chi connectivity index (χ0v) is 11.2. The van der Waals surface area contributed by atoms with E-state index in [0.29, 0.717) is 16.0 Å². The van der Waals surface area contributed by atoms with Gasteiger partial charge in [0, 0.05) is 18.7 Å². The molecule has 0 aliphatic carbocycles. The molecular weight excluding hydrogens is 303 g/mol. The van der Waals surface area contributed by atoms with E-state index in [1.807, 2.05) is 0 Å². The van der Waals surface area contributed by atoms with Crippen molar-refractivity contribution in [3.05, 3.63) is 24.1 Å². The number of fused-ring (bicyclic) bond motifs is 1. The van der Waals surface area contributed by atoms with Crippen molar-refractivity contribution >= 4 is 22.9 Å². The van der Waals surface area contributed by atoms with Gasteiger partial charge in [0.05, 0.1) is 11.8 Å². The number of halogens is 3. The molecule has 0 saturated carbocycles. The molecule has 1 atom stereocenters. The predicted molar refractivity (Wildman–Crippen MR) is 69.1 cm³/mol. The van der Waals surface area contributed by atoms with Crippen LogP contribution in [-0.2, 0) is 4.79 Å². The van der Waals surface area contributed by atoms with E-state index in [-0.39, 0.29) is 18.7 Å². The second-order valence-electron chi connectivity index (χ2n) is 5.07. The summed E-state index contributed by atoms with van der Waals surface area (Å²) in [6.07, 6.45) is -2.84. The number of nitrogens with one attached hydrogen (secondary N) is 2. The average molecular weight is 315 g/mol. The molecule has 1 aliphatic rings. The summed E-state index contributed by atoms with van der Waals surface area (Å²) in [5, 5.41) is 2.44. The van der Waals surface area contributed by atoms with Gasteiger partial charge in [-0.1, -0.05) is 0 Å². The molecule has 0 aromatic carbocycles. The fourth-order valence-corrected chi connectivity index (χ4v) is 2.45. The van der Waals surface area contributed by atoms with Crippen LogP contribution in [0.25, 0.3) is 11.1 Å². The molecule has 0 radical (unpaired) electrons. The van der Waals surface area contributed by atoms with Crippen molar-refractivity contribution in [2.45, 2.75) is 18.6 Å². The molecule has 2 amide bonds. The molecule has 3 heterocycles. The highest BCUT2D eigenvalue weighted by Crippen LogP contribution is 2.21. The first kappa shape index (κ1) is 14.5. The van der Waals surface area contributed by atoms with Gasteiger partial charge in [-0.05, 0) is 6.42 Å². The van der Waals surface area contributed by atoms with Crippen molar-refractivity contribution in [1.82, 2.24) is 15.2 Å². The molecule has 9 heteroatoms. The number of furan rings is 1. The van der Waals surface area contributed by atoms with Gasteiger partial charge in [0.25, 0.3) is 5.91 Å². The molecule has 0 spiro atoms. The third kappa shape index (κ3) is 2.78. The van der Waals surface area contributed by atoms with Crippen molar-refractivity contribution in [3.63, 3.8) is 0 Å². The summed E-state index contributed by atoms with van der Waals surface area (Å²) in [6.45, 7) is -1.33. The minimum Gasteiger partial charge on any atom is -0.463 e. The van der Waals surface area contributed by atoms with E-state index < -0.39 is 30.6 Å². The quantitative estimate of drug-likeness (QED) is 0.904. The summed E-state index contributed by atoms with van der Waals surface area (Å²) in [4.78, 5) is 27.4. The molecule has 1 unspecified atom stereocenters. The number of likely N-dealkylation sites (tertiary alicyclic amines) is 1. The maximum absolute atomic E-state index is 12.3. The number of hydrogen-bond donors (Lipinski definition) is 2. The lowest BCUT2D eigenvalue weighted by molar-refractivity contribution is -0.157. The first-order chi connectivity index (χ1) is 10.3. The van der Waals surface area contributed by atoms with Gasteiger partial charge in [0.2, 0.25) is 5.91 Å². The van der Waals surface area contributed by atoms with Crippen molar-refractivity contribution in [3.8, 4) is 0 Å². The van der Waals surface area contributed by atoms with Gasteiger partial charge in [-0.3, -0.25) is 9.59 Å². The van der Waals surface area contributed by atoms with Crippen LogP contribution in [0, 0.1) is 0 Å². The normalized spacial score (nSPS) is 19.1. The molecular formula is C13H12F3N3O3. The van der Waals surface area contributed by atoms with Crippen LogP contribution >= 0.6 is 0 Å². The number of rotatable bonds is 3. The fourth-order valence-electron chi connectivity index (χ4n) is 2.45. The topological polar surface area (TPSA) is 78.3 Å². The number of carbonyl (C=O) groups excluding carboxylic acids is 2. The molecule has 2 aromatic heterocycles. The van der Waals surface area contributed by atoms with Crippen LogP contribution in [0.3, 0.4) is 0 Å². The maximum atomic E-state index is 12.3. The van der Waals surface area contributed by atoms with Gasteiger partial charge >= 0.3 is 6.18 Å². The molecule has 1 fully saturated rings. The van der Waals surface area contributed by atoms with Gasteiger partial charge in [0.1, 0.15) is 18.3 Å². The largest absolute Gasteiger partial charge is 0.463 e. The zero-order valence-electron chi connectivity index (χ0n) is 11.2. The van der Waals surface area contributed by atoms with E-state index in [1.165, 1.54) is 12.3 Å². The third-order valence-corrected chi connectivity index (χ3v) is 3.46. The first-order valence-electron chi connectivity index (χ1n) is 6.56. The lowest BCUT2D eigenvalue weighted by Crippen LogP contribution is -2.43. The summed E-state index contributed by atoms with van der Waals surface area (Å²) in [5.41, 5.74) is 1.31. The molecule has 1 saturated heterocycles. The minimum atomic E-state index is -4.45. The van der Waals surface area contributed by atoms with Crippen LogP contribution in [0.4, 0.5) is 13.2 Å². The Morgan fingerprint density at radius 2 is 2.27 bits per heavy atom. The van der Waals surface area contributed by atoms with Crippen molar-refractivity contribution in [2.75, 3.05) is 13.1 Å². The number of carbonyl (C=O) groups is 2. The summed E-state index contributed by atoms with van der Waals surface area (Å²) in [5.74, 6) is -1.28. The Hall–Kier alpha value is -2.45. The van der Waals surface area contributed by atoms with Crippen LogP contribution in [0.2, 0.25) is 0 Å². The molecule has 1 aliphatic heterocycles. The molecule has 2 N–H and O–H groups in total. The molecule has 2 aromatic rings. The average Bonchev–Trinajstić information content (AvgIpc) is 3.06. The highest BCUT2D eigenvalue weighted by Gasteiger charge is 2.39. The zero-order chi connectivity index (χ0) is 15.9. The van der Waals surface area contributed by atoms with E-state index in [4.69, 9.17) is 4.42 Å². The SMILES string of the molecule is O=C(NC1CCN(CC(F)(F)F)C1=O)c1cc2occc2[nH]1. The Labute approximate surface area is 122 Å². The van der Waals surface area contributed by atoms with Gasteiger partial charge in [0.15, 0.2) is 5.58 Å². The standard InChI is InChI=1S/C13H12F3N3O3/c14-13(15,16)6-19-3-1-8(12(19)21)18-11(20)9-5-10-7(17-9)2-4-22-10/h2,4-5,8,17H,1,3,6H2,(H,18,20). The Balaban J connectivity index is 1.65. The van der Waals surface area contributed by atoms with E-state index in [2.05, 4.69) is 10.3 Å². The summed E-state index contributed by atoms with van der Waals surface area (Å²) < 4.78 is 42.1. The van der Waals surface area contributed by atoms with Crippen LogP contribution in [0.15, 0.2) is 22.8 Å². The molecule has 3 rings (SSSR count). The smallest absolute Gasteiger partial charge is 0.406 e. The number of aromatic amines is 1. The lowest BCUT2D eigenvalue weighted by Gasteiger charge is -2.18. The fraction of sp³-hybridized carbons (Fsp3) is 0.385. The van der Waals surface area contributed by atoms with Gasteiger partial charge < -0.3 is 19.6 Å². The Morgan fingerprint density at radius 3 is 2.95 bits per heavy atom. The van der Waals surface area contributed by atoms with Crippen LogP contribution in [0.5, 0.6) is 0 Å². The van der Waals surface area contributed by atoms with Gasteiger partial charge in [-0.2, -0.15) is 13.2 Å². The Bertz CT molecular complexity index is 690. The van der Waals surface area contributed by atoms with E-state index in [9.17, 15) is 22.8 Å². The number of hydrogen-bond acceptors (Lipinski definition) is 3. The van der Waals surface area contributed by atoms with Crippen molar-refractivity contribution in [1.29, 1.82) is 0 Å². The van der Waals surface area contributed by atoms with Crippen LogP contribution in [0.1, 0.15) is 16.9 Å². The van der Waals surface area contributed by atoms with Crippen molar-refractivity contribution in [2.24, 2.45) is 0 Å². The lowest BCUT2D eigenvalue weighted by atomic mass is 10.2. The highest BCUT2D eigenvalue weighted by molar-refractivity contribution is 5.99. The number of aromatic nitrogens is 1. The molecule has 118 valence electrons. The monoisotopic (exact) mass is 315 g/mol. The maximum Gasteiger partial charge on any atom is 0.406 e. The summed E-state index contributed by atoms with van der Waals surface area (Å²) in [6, 6.07) is 2.17. The third-order valence-electron chi connectivity index (χ3n) is 3.46. The summed E-state index contributed by atoms with van der Waals surface area (Å²) in [7, 11) is 0.